The van der Waals surface area contributed by atoms with Gasteiger partial charge in [-0.25, -0.2) is 9.59 Å². The van der Waals surface area contributed by atoms with Gasteiger partial charge in [0.25, 0.3) is 0 Å². The minimum Gasteiger partial charge on any atom is -0.444 e. The molecule has 0 aliphatic heterocycles. The summed E-state index contributed by atoms with van der Waals surface area (Å²) in [6.45, 7) is 11.0. The Hall–Kier alpha value is -3.67. The lowest BCUT2D eigenvalue weighted by molar-refractivity contribution is -0.130. The summed E-state index contributed by atoms with van der Waals surface area (Å²) < 4.78 is 5.42. The largest absolute Gasteiger partial charge is 0.444 e. The Labute approximate surface area is 268 Å². The van der Waals surface area contributed by atoms with Gasteiger partial charge in [0.15, 0.2) is 0 Å². The molecule has 0 aliphatic carbocycles. The maximum atomic E-state index is 13.6. The van der Waals surface area contributed by atoms with Crippen molar-refractivity contribution in [2.75, 3.05) is 27.2 Å². The molecule has 0 bridgehead atoms. The SMILES string of the molecule is CNC(=O)N(C)[C@H](C(=O)N[C@@H](Cc1ccccc1)[C@H](O)CNC[C@@H](O)[C@H](Cc1ccccc1)NC(=O)OC(C)(C)C)C(C)(C)C. The molecule has 0 saturated carbocycles. The fourth-order valence-corrected chi connectivity index (χ4v) is 5.13. The van der Waals surface area contributed by atoms with Crippen molar-refractivity contribution in [3.05, 3.63) is 71.8 Å². The summed E-state index contributed by atoms with van der Waals surface area (Å²) >= 11 is 0. The van der Waals surface area contributed by atoms with Gasteiger partial charge in [-0.05, 0) is 50.2 Å². The second-order valence-corrected chi connectivity index (χ2v) is 13.5. The van der Waals surface area contributed by atoms with Crippen LogP contribution in [0.25, 0.3) is 0 Å². The minimum absolute atomic E-state index is 0.0464. The maximum absolute atomic E-state index is 13.6. The number of benzene rings is 2. The summed E-state index contributed by atoms with van der Waals surface area (Å²) in [5.74, 6) is -0.391. The van der Waals surface area contributed by atoms with Crippen LogP contribution in [-0.4, -0.2) is 96.3 Å². The number of likely N-dealkylation sites (N-methyl/N-ethyl adjacent to an activating group) is 1. The lowest BCUT2D eigenvalue weighted by atomic mass is 9.85. The maximum Gasteiger partial charge on any atom is 0.407 e. The lowest BCUT2D eigenvalue weighted by Crippen LogP contribution is -2.60. The van der Waals surface area contributed by atoms with E-state index in [0.717, 1.165) is 11.1 Å². The molecule has 2 rings (SSSR count). The molecular weight excluding hydrogens is 574 g/mol. The molecule has 5 atom stereocenters. The molecular formula is C34H53N5O6. The predicted octanol–water partition coefficient (Wildman–Crippen LogP) is 2.85. The van der Waals surface area contributed by atoms with Gasteiger partial charge in [0.1, 0.15) is 11.6 Å². The Morgan fingerprint density at radius 3 is 1.62 bits per heavy atom. The van der Waals surface area contributed by atoms with E-state index in [9.17, 15) is 24.6 Å². The summed E-state index contributed by atoms with van der Waals surface area (Å²) in [7, 11) is 3.07. The van der Waals surface area contributed by atoms with E-state index in [2.05, 4.69) is 21.3 Å². The van der Waals surface area contributed by atoms with Gasteiger partial charge in [0, 0.05) is 27.2 Å². The van der Waals surface area contributed by atoms with E-state index in [1.165, 1.54) is 11.9 Å². The molecule has 6 N–H and O–H groups in total. The Balaban J connectivity index is 2.17. The molecule has 4 amide bonds. The van der Waals surface area contributed by atoms with Crippen LogP contribution in [0.2, 0.25) is 0 Å². The van der Waals surface area contributed by atoms with Crippen LogP contribution in [0.1, 0.15) is 52.7 Å². The number of aliphatic hydroxyl groups excluding tert-OH is 2. The van der Waals surface area contributed by atoms with Gasteiger partial charge in [-0.15, -0.1) is 0 Å². The van der Waals surface area contributed by atoms with E-state index in [-0.39, 0.29) is 13.1 Å². The van der Waals surface area contributed by atoms with Crippen molar-refractivity contribution >= 4 is 18.0 Å². The first-order valence-electron chi connectivity index (χ1n) is 15.4. The van der Waals surface area contributed by atoms with Crippen molar-refractivity contribution in [3.63, 3.8) is 0 Å². The van der Waals surface area contributed by atoms with E-state index >= 15 is 0 Å². The monoisotopic (exact) mass is 627 g/mol. The summed E-state index contributed by atoms with van der Waals surface area (Å²) in [6, 6.07) is 16.4. The fourth-order valence-electron chi connectivity index (χ4n) is 5.13. The Kier molecular flexibility index (Phi) is 14.3. The van der Waals surface area contributed by atoms with Gasteiger partial charge in [0.05, 0.1) is 24.3 Å². The first kappa shape index (κ1) is 37.5. The molecule has 250 valence electrons. The Morgan fingerprint density at radius 1 is 0.778 bits per heavy atom. The van der Waals surface area contributed by atoms with Crippen LogP contribution < -0.4 is 21.3 Å². The van der Waals surface area contributed by atoms with Gasteiger partial charge in [-0.3, -0.25) is 4.79 Å². The summed E-state index contributed by atoms with van der Waals surface area (Å²) in [5, 5.41) is 33.9. The topological polar surface area (TPSA) is 152 Å². The highest BCUT2D eigenvalue weighted by Gasteiger charge is 2.38. The van der Waals surface area contributed by atoms with Crippen molar-refractivity contribution in [2.45, 2.75) is 90.3 Å². The van der Waals surface area contributed by atoms with E-state index in [1.54, 1.807) is 27.8 Å². The van der Waals surface area contributed by atoms with Gasteiger partial charge in [-0.1, -0.05) is 81.4 Å². The molecule has 0 heterocycles. The normalized spacial score (nSPS) is 15.2. The third-order valence-corrected chi connectivity index (χ3v) is 7.25. The van der Waals surface area contributed by atoms with Crippen LogP contribution in [0.5, 0.6) is 0 Å². The molecule has 0 spiro atoms. The molecule has 2 aromatic carbocycles. The number of rotatable bonds is 14. The molecule has 45 heavy (non-hydrogen) atoms. The zero-order chi connectivity index (χ0) is 33.8. The number of aliphatic hydroxyl groups is 2. The van der Waals surface area contributed by atoms with Crippen molar-refractivity contribution in [1.82, 2.24) is 26.2 Å². The minimum atomic E-state index is -1.04. The molecule has 0 fully saturated rings. The molecule has 2 aromatic rings. The van der Waals surface area contributed by atoms with Gasteiger partial charge < -0.3 is 41.1 Å². The van der Waals surface area contributed by atoms with E-state index in [0.29, 0.717) is 12.8 Å². The first-order valence-corrected chi connectivity index (χ1v) is 15.4. The third-order valence-electron chi connectivity index (χ3n) is 7.25. The number of carbonyl (C=O) groups is 3. The van der Waals surface area contributed by atoms with Crippen molar-refractivity contribution in [2.24, 2.45) is 5.41 Å². The number of urea groups is 1. The quantitative estimate of drug-likeness (QED) is 0.188. The number of amides is 4. The molecule has 0 unspecified atom stereocenters. The van der Waals surface area contributed by atoms with Gasteiger partial charge >= 0.3 is 12.1 Å². The van der Waals surface area contributed by atoms with Crippen molar-refractivity contribution < 1.29 is 29.3 Å². The van der Waals surface area contributed by atoms with E-state index in [4.69, 9.17) is 4.74 Å². The molecule has 11 nitrogen and oxygen atoms in total. The zero-order valence-electron chi connectivity index (χ0n) is 28.0. The third kappa shape index (κ3) is 13.1. The second kappa shape index (κ2) is 17.1. The number of ether oxygens (including phenoxy) is 1. The predicted molar refractivity (Wildman–Crippen MR) is 176 cm³/mol. The van der Waals surface area contributed by atoms with Gasteiger partial charge in [-0.2, -0.15) is 0 Å². The number of alkyl carbamates (subject to hydrolysis) is 1. The average molecular weight is 628 g/mol. The zero-order valence-corrected chi connectivity index (χ0v) is 28.0. The average Bonchev–Trinajstić information content (AvgIpc) is 2.95. The van der Waals surface area contributed by atoms with Crippen LogP contribution in [0.4, 0.5) is 9.59 Å². The van der Waals surface area contributed by atoms with Crippen molar-refractivity contribution in [1.29, 1.82) is 0 Å². The van der Waals surface area contributed by atoms with Gasteiger partial charge in [0.2, 0.25) is 5.91 Å². The van der Waals surface area contributed by atoms with Crippen LogP contribution in [0, 0.1) is 5.41 Å². The summed E-state index contributed by atoms with van der Waals surface area (Å²) in [6.07, 6.45) is -1.99. The molecule has 0 aliphatic rings. The first-order chi connectivity index (χ1) is 21.0. The standard InChI is InChI=1S/C34H53N5O6/c1-33(2,3)29(39(8)31(43)35-7)30(42)37-25(19-23-15-11-9-12-16-23)27(40)21-36-22-28(41)26(20-24-17-13-10-14-18-24)38-32(44)45-34(4,5)6/h9-18,25-29,36,40-41H,19-22H2,1-8H3,(H,35,43)(H,37,42)(H,38,44)/t25-,26-,27+,28+,29+/m0/s1. The number of carbonyl (C=O) groups excluding carboxylic acids is 3. The van der Waals surface area contributed by atoms with Crippen LogP contribution >= 0.6 is 0 Å². The molecule has 11 heteroatoms. The molecule has 0 saturated heterocycles. The highest BCUT2D eigenvalue weighted by molar-refractivity contribution is 5.87. The van der Waals surface area contributed by atoms with Crippen LogP contribution in [-0.2, 0) is 22.4 Å². The smallest absolute Gasteiger partial charge is 0.407 e. The Morgan fingerprint density at radius 2 is 1.22 bits per heavy atom. The van der Waals surface area contributed by atoms with E-state index in [1.807, 2.05) is 81.4 Å². The Bertz CT molecular complexity index is 1200. The lowest BCUT2D eigenvalue weighted by Gasteiger charge is -2.38. The molecule has 0 radical (unpaired) electrons. The number of hydrogen-bond acceptors (Lipinski definition) is 7. The highest BCUT2D eigenvalue weighted by atomic mass is 16.6. The van der Waals surface area contributed by atoms with Crippen LogP contribution in [0.15, 0.2) is 60.7 Å². The highest BCUT2D eigenvalue weighted by Crippen LogP contribution is 2.24. The summed E-state index contributed by atoms with van der Waals surface area (Å²) in [5.41, 5.74) is 0.551. The second-order valence-electron chi connectivity index (χ2n) is 13.5. The van der Waals surface area contributed by atoms with Crippen LogP contribution in [0.3, 0.4) is 0 Å². The van der Waals surface area contributed by atoms with Crippen molar-refractivity contribution in [3.8, 4) is 0 Å². The summed E-state index contributed by atoms with van der Waals surface area (Å²) in [4.78, 5) is 40.0. The number of nitrogens with zero attached hydrogens (tertiary/aromatic N) is 1. The number of hydrogen-bond donors (Lipinski definition) is 6. The molecule has 0 aromatic heterocycles. The number of nitrogens with one attached hydrogen (secondary N) is 4. The van der Waals surface area contributed by atoms with E-state index < -0.39 is 59.4 Å². The fraction of sp³-hybridized carbons (Fsp3) is 0.559.